The number of benzene rings is 1. The zero-order valence-corrected chi connectivity index (χ0v) is 18.5. The maximum absolute atomic E-state index is 12.7. The number of rotatable bonds is 5. The SMILES string of the molecule is Cn1ncc2c(N3CCN(C(=O)CCC(=O)c4ccc5c(c4)CCCC5)CC3)ncnc21. The third-order valence-electron chi connectivity index (χ3n) is 6.68. The predicted octanol–water partition coefficient (Wildman–Crippen LogP) is 2.55. The number of Topliss-reactive ketones (excluding diaryl/α,β-unsaturated/α-hetero) is 1. The maximum Gasteiger partial charge on any atom is 0.223 e. The van der Waals surface area contributed by atoms with Crippen molar-refractivity contribution in [3.63, 3.8) is 0 Å². The quantitative estimate of drug-likeness (QED) is 0.576. The molecule has 1 fully saturated rings. The van der Waals surface area contributed by atoms with E-state index in [1.54, 1.807) is 17.2 Å². The molecule has 0 saturated carbocycles. The van der Waals surface area contributed by atoms with Crippen LogP contribution in [0.5, 0.6) is 0 Å². The molecule has 0 spiro atoms. The van der Waals surface area contributed by atoms with E-state index in [1.165, 1.54) is 24.0 Å². The number of hydrogen-bond donors (Lipinski definition) is 0. The van der Waals surface area contributed by atoms with Crippen LogP contribution in [0, 0.1) is 0 Å². The van der Waals surface area contributed by atoms with E-state index in [1.807, 2.05) is 24.1 Å². The van der Waals surface area contributed by atoms with Crippen molar-refractivity contribution < 1.29 is 9.59 Å². The topological polar surface area (TPSA) is 84.2 Å². The summed E-state index contributed by atoms with van der Waals surface area (Å²) in [6, 6.07) is 6.06. The Kier molecular flexibility index (Phi) is 5.59. The molecule has 3 heterocycles. The third-order valence-corrected chi connectivity index (χ3v) is 6.68. The van der Waals surface area contributed by atoms with E-state index in [9.17, 15) is 9.59 Å². The second-order valence-electron chi connectivity index (χ2n) is 8.68. The average molecular weight is 433 g/mol. The molecular weight excluding hydrogens is 404 g/mol. The largest absolute Gasteiger partial charge is 0.352 e. The van der Waals surface area contributed by atoms with Gasteiger partial charge in [-0.2, -0.15) is 5.10 Å². The summed E-state index contributed by atoms with van der Waals surface area (Å²) in [5.41, 5.74) is 4.22. The van der Waals surface area contributed by atoms with E-state index in [-0.39, 0.29) is 24.5 Å². The van der Waals surface area contributed by atoms with Gasteiger partial charge < -0.3 is 9.80 Å². The van der Waals surface area contributed by atoms with Crippen molar-refractivity contribution in [2.24, 2.45) is 7.05 Å². The highest BCUT2D eigenvalue weighted by Crippen LogP contribution is 2.24. The molecule has 1 amide bonds. The lowest BCUT2D eigenvalue weighted by atomic mass is 9.89. The highest BCUT2D eigenvalue weighted by molar-refractivity contribution is 5.98. The van der Waals surface area contributed by atoms with Crippen molar-refractivity contribution in [2.75, 3.05) is 31.1 Å². The van der Waals surface area contributed by atoms with Gasteiger partial charge in [-0.15, -0.1) is 0 Å². The minimum Gasteiger partial charge on any atom is -0.352 e. The fraction of sp³-hybridized carbons (Fsp3) is 0.458. The molecule has 1 saturated heterocycles. The molecule has 0 bridgehead atoms. The number of carbonyl (C=O) groups is 2. The lowest BCUT2D eigenvalue weighted by molar-refractivity contribution is -0.131. The van der Waals surface area contributed by atoms with Crippen LogP contribution >= 0.6 is 0 Å². The van der Waals surface area contributed by atoms with Crippen LogP contribution in [0.25, 0.3) is 11.0 Å². The summed E-state index contributed by atoms with van der Waals surface area (Å²) in [6.07, 6.45) is 8.45. The number of hydrogen-bond acceptors (Lipinski definition) is 6. The molecule has 166 valence electrons. The fourth-order valence-electron chi connectivity index (χ4n) is 4.80. The molecule has 5 rings (SSSR count). The van der Waals surface area contributed by atoms with Gasteiger partial charge in [0.2, 0.25) is 5.91 Å². The van der Waals surface area contributed by atoms with Crippen molar-refractivity contribution >= 4 is 28.5 Å². The van der Waals surface area contributed by atoms with E-state index < -0.39 is 0 Å². The zero-order chi connectivity index (χ0) is 22.1. The number of carbonyl (C=O) groups excluding carboxylic acids is 2. The lowest BCUT2D eigenvalue weighted by Gasteiger charge is -2.35. The molecule has 8 nitrogen and oxygen atoms in total. The highest BCUT2D eigenvalue weighted by Gasteiger charge is 2.24. The summed E-state index contributed by atoms with van der Waals surface area (Å²) >= 11 is 0. The molecule has 0 atom stereocenters. The van der Waals surface area contributed by atoms with Gasteiger partial charge in [0.1, 0.15) is 12.1 Å². The van der Waals surface area contributed by atoms with Gasteiger partial charge in [-0.3, -0.25) is 14.3 Å². The van der Waals surface area contributed by atoms with Gasteiger partial charge in [-0.25, -0.2) is 9.97 Å². The maximum atomic E-state index is 12.7. The molecule has 3 aromatic rings. The predicted molar refractivity (Wildman–Crippen MR) is 122 cm³/mol. The number of aryl methyl sites for hydroxylation is 3. The van der Waals surface area contributed by atoms with Gasteiger partial charge in [0, 0.05) is 51.6 Å². The number of aromatic nitrogens is 4. The smallest absolute Gasteiger partial charge is 0.223 e. The zero-order valence-electron chi connectivity index (χ0n) is 18.5. The van der Waals surface area contributed by atoms with Crippen molar-refractivity contribution in [3.8, 4) is 0 Å². The van der Waals surface area contributed by atoms with Crippen LogP contribution < -0.4 is 4.90 Å². The Labute approximate surface area is 187 Å². The summed E-state index contributed by atoms with van der Waals surface area (Å²) < 4.78 is 1.74. The van der Waals surface area contributed by atoms with Crippen LogP contribution in [0.1, 0.15) is 47.2 Å². The number of piperazine rings is 1. The molecule has 0 radical (unpaired) electrons. The molecular formula is C24H28N6O2. The average Bonchev–Trinajstić information content (AvgIpc) is 3.23. The van der Waals surface area contributed by atoms with Crippen LogP contribution in [0.2, 0.25) is 0 Å². The fourth-order valence-corrected chi connectivity index (χ4v) is 4.80. The second kappa shape index (κ2) is 8.68. The van der Waals surface area contributed by atoms with Crippen molar-refractivity contribution in [1.29, 1.82) is 0 Å². The van der Waals surface area contributed by atoms with Gasteiger partial charge in [-0.1, -0.05) is 12.1 Å². The Morgan fingerprint density at radius 3 is 2.56 bits per heavy atom. The van der Waals surface area contributed by atoms with Crippen molar-refractivity contribution in [3.05, 3.63) is 47.4 Å². The monoisotopic (exact) mass is 432 g/mol. The molecule has 2 aromatic heterocycles. The molecule has 8 heteroatoms. The summed E-state index contributed by atoms with van der Waals surface area (Å²) in [5, 5.41) is 5.20. The second-order valence-corrected chi connectivity index (χ2v) is 8.68. The number of ketones is 1. The number of fused-ring (bicyclic) bond motifs is 2. The first-order valence-corrected chi connectivity index (χ1v) is 11.4. The van der Waals surface area contributed by atoms with Crippen molar-refractivity contribution in [1.82, 2.24) is 24.6 Å². The van der Waals surface area contributed by atoms with E-state index in [4.69, 9.17) is 0 Å². The Bertz CT molecular complexity index is 1160. The van der Waals surface area contributed by atoms with Gasteiger partial charge in [0.25, 0.3) is 0 Å². The van der Waals surface area contributed by atoms with Crippen LogP contribution in [0.15, 0.2) is 30.7 Å². The Morgan fingerprint density at radius 1 is 0.969 bits per heavy atom. The minimum absolute atomic E-state index is 0.0465. The lowest BCUT2D eigenvalue weighted by Crippen LogP contribution is -2.49. The van der Waals surface area contributed by atoms with Gasteiger partial charge in [0.15, 0.2) is 11.4 Å². The molecule has 0 unspecified atom stereocenters. The summed E-state index contributed by atoms with van der Waals surface area (Å²) in [7, 11) is 1.86. The van der Waals surface area contributed by atoms with Crippen LogP contribution in [-0.2, 0) is 24.7 Å². The summed E-state index contributed by atoms with van der Waals surface area (Å²) in [4.78, 5) is 38.2. The standard InChI is InChI=1S/C24H28N6O2/c1-28-23-20(15-27-28)24(26-16-25-23)30-12-10-29(11-13-30)22(32)9-8-21(31)19-7-6-17-4-2-3-5-18(17)14-19/h6-7,14-16H,2-5,8-13H2,1H3. The number of amides is 1. The van der Waals surface area contributed by atoms with Gasteiger partial charge in [0.05, 0.1) is 11.6 Å². The molecule has 2 aliphatic rings. The first kappa shape index (κ1) is 20.6. The van der Waals surface area contributed by atoms with E-state index in [0.717, 1.165) is 35.3 Å². The molecule has 1 aliphatic heterocycles. The molecule has 32 heavy (non-hydrogen) atoms. The van der Waals surface area contributed by atoms with Gasteiger partial charge in [-0.05, 0) is 42.9 Å². The molecule has 1 aromatic carbocycles. The minimum atomic E-state index is 0.0465. The number of anilines is 1. The summed E-state index contributed by atoms with van der Waals surface area (Å²) in [5.74, 6) is 0.966. The van der Waals surface area contributed by atoms with E-state index >= 15 is 0 Å². The Hall–Kier alpha value is -3.29. The highest BCUT2D eigenvalue weighted by atomic mass is 16.2. The van der Waals surface area contributed by atoms with E-state index in [2.05, 4.69) is 26.0 Å². The van der Waals surface area contributed by atoms with Crippen LogP contribution in [0.4, 0.5) is 5.82 Å². The van der Waals surface area contributed by atoms with Gasteiger partial charge >= 0.3 is 0 Å². The van der Waals surface area contributed by atoms with Crippen molar-refractivity contribution in [2.45, 2.75) is 38.5 Å². The molecule has 0 N–H and O–H groups in total. The van der Waals surface area contributed by atoms with Crippen LogP contribution in [0.3, 0.4) is 0 Å². The van der Waals surface area contributed by atoms with Crippen LogP contribution in [-0.4, -0.2) is 62.5 Å². The Morgan fingerprint density at radius 2 is 1.75 bits per heavy atom. The normalized spacial score (nSPS) is 16.3. The summed E-state index contributed by atoms with van der Waals surface area (Å²) in [6.45, 7) is 2.65. The van der Waals surface area contributed by atoms with E-state index in [0.29, 0.717) is 26.2 Å². The third kappa shape index (κ3) is 3.97. The Balaban J connectivity index is 1.16. The molecule has 1 aliphatic carbocycles. The number of nitrogens with zero attached hydrogens (tertiary/aromatic N) is 6. The first-order valence-electron chi connectivity index (χ1n) is 11.4. The first-order chi connectivity index (χ1) is 15.6.